The number of likely N-dealkylation sites (tertiary alicyclic amines) is 1. The molecule has 3 fully saturated rings. The first-order valence-electron chi connectivity index (χ1n) is 12.6. The Hall–Kier alpha value is -2.79. The van der Waals surface area contributed by atoms with Crippen LogP contribution in [-0.2, 0) is 0 Å². The highest BCUT2D eigenvalue weighted by Gasteiger charge is 2.46. The maximum absolute atomic E-state index is 13.4. The lowest BCUT2D eigenvalue weighted by Gasteiger charge is -2.54. The predicted octanol–water partition coefficient (Wildman–Crippen LogP) is 5.91. The first-order valence-corrected chi connectivity index (χ1v) is 12.6. The molecule has 3 heterocycles. The minimum atomic E-state index is 0.0292. The molecule has 2 amide bonds. The van der Waals surface area contributed by atoms with Gasteiger partial charge in [-0.2, -0.15) is 0 Å². The van der Waals surface area contributed by atoms with Gasteiger partial charge in [-0.1, -0.05) is 36.3 Å². The van der Waals surface area contributed by atoms with Gasteiger partial charge in [0.15, 0.2) is 0 Å². The van der Waals surface area contributed by atoms with E-state index < -0.39 is 0 Å². The number of piperidine rings is 3. The van der Waals surface area contributed by atoms with Crippen molar-refractivity contribution in [1.29, 1.82) is 0 Å². The van der Waals surface area contributed by atoms with Crippen LogP contribution in [0.5, 0.6) is 11.5 Å². The fraction of sp³-hybridized carbons (Fsp3) is 0.464. The van der Waals surface area contributed by atoms with Gasteiger partial charge in [0.05, 0.1) is 6.04 Å². The van der Waals surface area contributed by atoms with Crippen molar-refractivity contribution in [1.82, 2.24) is 9.80 Å². The molecule has 5 heteroatoms. The fourth-order valence-corrected chi connectivity index (χ4v) is 6.63. The molecule has 0 radical (unpaired) electrons. The van der Waals surface area contributed by atoms with E-state index in [4.69, 9.17) is 4.74 Å². The van der Waals surface area contributed by atoms with Crippen LogP contribution in [0.15, 0.2) is 66.2 Å². The number of hydrogen-bond acceptors (Lipinski definition) is 3. The fourth-order valence-electron chi connectivity index (χ4n) is 6.63. The molecule has 0 spiro atoms. The van der Waals surface area contributed by atoms with E-state index in [2.05, 4.69) is 21.2 Å². The number of hydrogen-bond donors (Lipinski definition) is 1. The number of anilines is 1. The summed E-state index contributed by atoms with van der Waals surface area (Å²) in [5, 5.41) is 3.16. The van der Waals surface area contributed by atoms with Crippen LogP contribution in [0.2, 0.25) is 0 Å². The molecule has 0 saturated carbocycles. The molecule has 4 aliphatic rings. The summed E-state index contributed by atoms with van der Waals surface area (Å²) < 4.78 is 5.88. The van der Waals surface area contributed by atoms with Gasteiger partial charge in [0.2, 0.25) is 0 Å². The normalized spacial score (nSPS) is 28.8. The molecule has 2 aromatic rings. The van der Waals surface area contributed by atoms with Gasteiger partial charge >= 0.3 is 6.03 Å². The molecule has 2 bridgehead atoms. The summed E-state index contributed by atoms with van der Waals surface area (Å²) in [6, 6.07) is 18.4. The number of carbonyl (C=O) groups is 1. The second-order valence-electron chi connectivity index (χ2n) is 10.1. The third-order valence-electron chi connectivity index (χ3n) is 8.00. The SMILES string of the molecule is O=C(Nc1ccc(Oc2ccccc2)cc1)N1CCCC2=C[C@H]3C[C@@H](CN4CCCC[C@@H]34)[C@@H]21. The van der Waals surface area contributed by atoms with Gasteiger partial charge in [0, 0.05) is 24.8 Å². The number of rotatable bonds is 3. The van der Waals surface area contributed by atoms with Crippen molar-refractivity contribution in [2.24, 2.45) is 11.8 Å². The Kier molecular flexibility index (Phi) is 5.58. The van der Waals surface area contributed by atoms with Gasteiger partial charge < -0.3 is 15.0 Å². The Morgan fingerprint density at radius 1 is 0.939 bits per heavy atom. The van der Waals surface area contributed by atoms with E-state index in [1.165, 1.54) is 37.8 Å². The summed E-state index contributed by atoms with van der Waals surface area (Å²) in [6.07, 6.45) is 10.1. The second kappa shape index (κ2) is 8.86. The molecule has 33 heavy (non-hydrogen) atoms. The monoisotopic (exact) mass is 443 g/mol. The average molecular weight is 444 g/mol. The van der Waals surface area contributed by atoms with Crippen molar-refractivity contribution >= 4 is 11.7 Å². The Bertz CT molecular complexity index is 1020. The van der Waals surface area contributed by atoms with Crippen LogP contribution in [-0.4, -0.2) is 47.5 Å². The van der Waals surface area contributed by atoms with Crippen LogP contribution in [0.4, 0.5) is 10.5 Å². The van der Waals surface area contributed by atoms with Gasteiger partial charge in [-0.05, 0) is 86.9 Å². The van der Waals surface area contributed by atoms with E-state index in [0.29, 0.717) is 11.8 Å². The smallest absolute Gasteiger partial charge is 0.322 e. The topological polar surface area (TPSA) is 44.8 Å². The van der Waals surface area contributed by atoms with Gasteiger partial charge in [-0.25, -0.2) is 4.79 Å². The van der Waals surface area contributed by atoms with E-state index in [1.54, 1.807) is 0 Å². The largest absolute Gasteiger partial charge is 0.457 e. The Labute approximate surface area is 196 Å². The zero-order valence-corrected chi connectivity index (χ0v) is 19.2. The van der Waals surface area contributed by atoms with Crippen molar-refractivity contribution in [2.75, 3.05) is 25.0 Å². The number of urea groups is 1. The molecule has 2 aromatic carbocycles. The van der Waals surface area contributed by atoms with Gasteiger partial charge in [0.1, 0.15) is 11.5 Å². The Balaban J connectivity index is 1.15. The molecule has 0 unspecified atom stereocenters. The minimum absolute atomic E-state index is 0.0292. The number of amides is 2. The second-order valence-corrected chi connectivity index (χ2v) is 10.1. The third-order valence-corrected chi connectivity index (χ3v) is 8.00. The minimum Gasteiger partial charge on any atom is -0.457 e. The lowest BCUT2D eigenvalue weighted by molar-refractivity contribution is 0.00908. The molecular weight excluding hydrogens is 410 g/mol. The number of ether oxygens (including phenoxy) is 1. The van der Waals surface area contributed by atoms with E-state index in [9.17, 15) is 4.79 Å². The summed E-state index contributed by atoms with van der Waals surface area (Å²) in [6.45, 7) is 3.23. The number of fused-ring (bicyclic) bond motifs is 6. The summed E-state index contributed by atoms with van der Waals surface area (Å²) in [5.41, 5.74) is 2.33. The standard InChI is InChI=1S/C28H33N3O2/c32-28(29-23-11-13-25(14-12-23)33-24-8-2-1-3-9-24)31-16-6-7-20-17-21-18-22(27(20)31)19-30-15-5-4-10-26(21)30/h1-3,8-9,11-14,17,21-22,26-27H,4-7,10,15-16,18-19H2,(H,29,32)/t21-,22-,26-,27+/m0/s1. The third kappa shape index (κ3) is 4.15. The molecular formula is C28H33N3O2. The average Bonchev–Trinajstić information content (AvgIpc) is 2.85. The van der Waals surface area contributed by atoms with Gasteiger partial charge in [0.25, 0.3) is 0 Å². The van der Waals surface area contributed by atoms with Crippen LogP contribution in [0.25, 0.3) is 0 Å². The maximum Gasteiger partial charge on any atom is 0.322 e. The lowest BCUT2D eigenvalue weighted by Crippen LogP contribution is -2.60. The maximum atomic E-state index is 13.4. The number of nitrogens with zero attached hydrogens (tertiary/aromatic N) is 2. The summed E-state index contributed by atoms with van der Waals surface area (Å²) in [4.78, 5) is 18.2. The summed E-state index contributed by atoms with van der Waals surface area (Å²) in [5.74, 6) is 2.83. The highest BCUT2D eigenvalue weighted by molar-refractivity contribution is 5.90. The van der Waals surface area contributed by atoms with Crippen LogP contribution < -0.4 is 10.1 Å². The number of nitrogens with one attached hydrogen (secondary N) is 1. The van der Waals surface area contributed by atoms with Crippen molar-refractivity contribution < 1.29 is 9.53 Å². The Morgan fingerprint density at radius 3 is 2.61 bits per heavy atom. The summed E-state index contributed by atoms with van der Waals surface area (Å²) in [7, 11) is 0. The molecule has 0 aromatic heterocycles. The molecule has 1 aliphatic carbocycles. The Morgan fingerprint density at radius 2 is 1.76 bits per heavy atom. The summed E-state index contributed by atoms with van der Waals surface area (Å²) >= 11 is 0. The molecule has 172 valence electrons. The zero-order chi connectivity index (χ0) is 22.2. The van der Waals surface area contributed by atoms with E-state index >= 15 is 0 Å². The predicted molar refractivity (Wildman–Crippen MR) is 131 cm³/mol. The molecule has 6 rings (SSSR count). The first-order chi connectivity index (χ1) is 16.2. The first kappa shape index (κ1) is 20.8. The van der Waals surface area contributed by atoms with Crippen molar-refractivity contribution in [3.63, 3.8) is 0 Å². The van der Waals surface area contributed by atoms with Gasteiger partial charge in [-0.15, -0.1) is 0 Å². The van der Waals surface area contributed by atoms with Crippen LogP contribution in [0, 0.1) is 11.8 Å². The van der Waals surface area contributed by atoms with E-state index in [-0.39, 0.29) is 12.1 Å². The number of para-hydroxylation sites is 1. The highest BCUT2D eigenvalue weighted by atomic mass is 16.5. The van der Waals surface area contributed by atoms with Crippen LogP contribution >= 0.6 is 0 Å². The van der Waals surface area contributed by atoms with Gasteiger partial charge in [-0.3, -0.25) is 4.90 Å². The lowest BCUT2D eigenvalue weighted by atomic mass is 9.68. The highest BCUT2D eigenvalue weighted by Crippen LogP contribution is 2.45. The number of carbonyl (C=O) groups excluding carboxylic acids is 1. The molecule has 5 nitrogen and oxygen atoms in total. The number of benzene rings is 2. The van der Waals surface area contributed by atoms with Crippen molar-refractivity contribution in [3.8, 4) is 11.5 Å². The van der Waals surface area contributed by atoms with E-state index in [1.807, 2.05) is 54.6 Å². The van der Waals surface area contributed by atoms with Crippen LogP contribution in [0.1, 0.15) is 38.5 Å². The van der Waals surface area contributed by atoms with E-state index in [0.717, 1.165) is 49.2 Å². The molecule has 1 N–H and O–H groups in total. The quantitative estimate of drug-likeness (QED) is 0.600. The van der Waals surface area contributed by atoms with Crippen LogP contribution in [0.3, 0.4) is 0 Å². The molecule has 3 aliphatic heterocycles. The molecule has 3 saturated heterocycles. The molecule has 4 atom stereocenters. The van der Waals surface area contributed by atoms with Crippen molar-refractivity contribution in [2.45, 2.75) is 50.6 Å². The zero-order valence-electron chi connectivity index (χ0n) is 19.2. The van der Waals surface area contributed by atoms with Crippen molar-refractivity contribution in [3.05, 3.63) is 66.2 Å².